The quantitative estimate of drug-likeness (QED) is 0.856. The summed E-state index contributed by atoms with van der Waals surface area (Å²) in [6.07, 6.45) is 6.46. The SMILES string of the molecule is N#Cc1ccnc(NC2=Nc3ccccc3CC=C2)c1. The van der Waals surface area contributed by atoms with Crippen molar-refractivity contribution >= 4 is 17.3 Å². The highest BCUT2D eigenvalue weighted by Gasteiger charge is 2.06. The summed E-state index contributed by atoms with van der Waals surface area (Å²) in [4.78, 5) is 8.78. The Morgan fingerprint density at radius 3 is 3.00 bits per heavy atom. The first kappa shape index (κ1) is 12.1. The summed E-state index contributed by atoms with van der Waals surface area (Å²) < 4.78 is 0. The molecule has 1 aromatic heterocycles. The number of hydrogen-bond donors (Lipinski definition) is 1. The highest BCUT2D eigenvalue weighted by atomic mass is 15.1. The lowest BCUT2D eigenvalue weighted by molar-refractivity contribution is 1.27. The summed E-state index contributed by atoms with van der Waals surface area (Å²) >= 11 is 0. The van der Waals surface area contributed by atoms with Crippen molar-refractivity contribution in [2.75, 3.05) is 5.32 Å². The van der Waals surface area contributed by atoms with Crippen molar-refractivity contribution in [1.29, 1.82) is 5.26 Å². The zero-order valence-electron chi connectivity index (χ0n) is 10.7. The maximum absolute atomic E-state index is 8.89. The number of nitriles is 1. The van der Waals surface area contributed by atoms with Crippen LogP contribution in [0.4, 0.5) is 11.5 Å². The van der Waals surface area contributed by atoms with Gasteiger partial charge in [0.05, 0.1) is 17.3 Å². The third-order valence-corrected chi connectivity index (χ3v) is 2.99. The molecule has 0 bridgehead atoms. The van der Waals surface area contributed by atoms with Crippen LogP contribution in [-0.2, 0) is 6.42 Å². The van der Waals surface area contributed by atoms with Gasteiger partial charge in [-0.2, -0.15) is 5.26 Å². The minimum atomic E-state index is 0.570. The van der Waals surface area contributed by atoms with E-state index in [4.69, 9.17) is 5.26 Å². The van der Waals surface area contributed by atoms with Gasteiger partial charge in [-0.1, -0.05) is 24.3 Å². The van der Waals surface area contributed by atoms with Crippen LogP contribution in [0.5, 0.6) is 0 Å². The lowest BCUT2D eigenvalue weighted by atomic mass is 10.1. The number of rotatable bonds is 1. The summed E-state index contributed by atoms with van der Waals surface area (Å²) in [5, 5.41) is 12.0. The van der Waals surface area contributed by atoms with E-state index in [1.807, 2.05) is 24.3 Å². The number of aromatic nitrogens is 1. The fourth-order valence-electron chi connectivity index (χ4n) is 2.03. The zero-order chi connectivity index (χ0) is 13.8. The highest BCUT2D eigenvalue weighted by Crippen LogP contribution is 2.22. The molecule has 0 radical (unpaired) electrons. The van der Waals surface area contributed by atoms with Crippen LogP contribution < -0.4 is 5.32 Å². The molecule has 0 aliphatic carbocycles. The van der Waals surface area contributed by atoms with Crippen molar-refractivity contribution in [3.8, 4) is 6.07 Å². The van der Waals surface area contributed by atoms with Crippen LogP contribution in [-0.4, -0.2) is 10.8 Å². The molecule has 1 N–H and O–H groups in total. The Bertz CT molecular complexity index is 738. The molecule has 20 heavy (non-hydrogen) atoms. The van der Waals surface area contributed by atoms with E-state index in [-0.39, 0.29) is 0 Å². The summed E-state index contributed by atoms with van der Waals surface area (Å²) in [6.45, 7) is 0. The Kier molecular flexibility index (Phi) is 3.25. The fraction of sp³-hybridized carbons (Fsp3) is 0.0625. The average molecular weight is 260 g/mol. The van der Waals surface area contributed by atoms with Crippen molar-refractivity contribution in [2.24, 2.45) is 4.99 Å². The predicted molar refractivity (Wildman–Crippen MR) is 79.0 cm³/mol. The van der Waals surface area contributed by atoms with Gasteiger partial charge >= 0.3 is 0 Å². The van der Waals surface area contributed by atoms with Crippen LogP contribution in [0, 0.1) is 11.3 Å². The highest BCUT2D eigenvalue weighted by molar-refractivity contribution is 6.05. The summed E-state index contributed by atoms with van der Waals surface area (Å²) in [7, 11) is 0. The monoisotopic (exact) mass is 260 g/mol. The van der Waals surface area contributed by atoms with Crippen LogP contribution in [0.25, 0.3) is 0 Å². The Labute approximate surface area is 117 Å². The standard InChI is InChI=1S/C16H12N4/c17-11-12-8-9-18-16(10-12)20-15-7-3-5-13-4-1-2-6-14(13)19-15/h1-4,6-10H,5H2,(H,18,19,20). The largest absolute Gasteiger partial charge is 0.325 e. The first-order valence-electron chi connectivity index (χ1n) is 6.31. The summed E-state index contributed by atoms with van der Waals surface area (Å²) in [6, 6.07) is 13.5. The number of hydrogen-bond acceptors (Lipinski definition) is 4. The molecule has 4 heteroatoms. The van der Waals surface area contributed by atoms with Gasteiger partial charge in [0, 0.05) is 6.20 Å². The molecule has 0 fully saturated rings. The van der Waals surface area contributed by atoms with Crippen molar-refractivity contribution < 1.29 is 0 Å². The molecule has 0 unspecified atom stereocenters. The Morgan fingerprint density at radius 2 is 2.10 bits per heavy atom. The van der Waals surface area contributed by atoms with Crippen molar-refractivity contribution in [3.05, 3.63) is 65.9 Å². The first-order valence-corrected chi connectivity index (χ1v) is 6.31. The summed E-state index contributed by atoms with van der Waals surface area (Å²) in [5.41, 5.74) is 2.72. The number of fused-ring (bicyclic) bond motifs is 1. The molecular formula is C16H12N4. The molecule has 1 aliphatic heterocycles. The van der Waals surface area contributed by atoms with Crippen LogP contribution >= 0.6 is 0 Å². The molecular weight excluding hydrogens is 248 g/mol. The van der Waals surface area contributed by atoms with Crippen LogP contribution in [0.2, 0.25) is 0 Å². The van der Waals surface area contributed by atoms with Crippen LogP contribution in [0.15, 0.2) is 59.7 Å². The smallest absolute Gasteiger partial charge is 0.132 e. The molecule has 0 amide bonds. The molecule has 2 heterocycles. The van der Waals surface area contributed by atoms with E-state index < -0.39 is 0 Å². The van der Waals surface area contributed by atoms with Gasteiger partial charge in [0.1, 0.15) is 11.7 Å². The van der Waals surface area contributed by atoms with Gasteiger partial charge in [-0.05, 0) is 36.3 Å². The second-order valence-corrected chi connectivity index (χ2v) is 4.40. The lowest BCUT2D eigenvalue weighted by Crippen LogP contribution is -2.09. The summed E-state index contributed by atoms with van der Waals surface area (Å²) in [5.74, 6) is 1.34. The molecule has 4 nitrogen and oxygen atoms in total. The molecule has 96 valence electrons. The molecule has 0 saturated carbocycles. The number of pyridine rings is 1. The number of aliphatic imine (C=N–C) groups is 1. The third-order valence-electron chi connectivity index (χ3n) is 2.99. The Hall–Kier alpha value is -2.93. The minimum absolute atomic E-state index is 0.570. The van der Waals surface area contributed by atoms with E-state index in [1.165, 1.54) is 5.56 Å². The maximum atomic E-state index is 8.89. The molecule has 0 saturated heterocycles. The minimum Gasteiger partial charge on any atom is -0.325 e. The van der Waals surface area contributed by atoms with E-state index in [0.29, 0.717) is 11.4 Å². The van der Waals surface area contributed by atoms with E-state index in [9.17, 15) is 0 Å². The van der Waals surface area contributed by atoms with E-state index in [0.717, 1.165) is 17.9 Å². The first-order chi connectivity index (χ1) is 9.85. The van der Waals surface area contributed by atoms with Crippen molar-refractivity contribution in [1.82, 2.24) is 4.98 Å². The molecule has 2 aromatic rings. The van der Waals surface area contributed by atoms with Gasteiger partial charge in [-0.3, -0.25) is 0 Å². The topological polar surface area (TPSA) is 61.1 Å². The maximum Gasteiger partial charge on any atom is 0.132 e. The van der Waals surface area contributed by atoms with Gasteiger partial charge in [0.15, 0.2) is 0 Å². The second-order valence-electron chi connectivity index (χ2n) is 4.40. The van der Waals surface area contributed by atoms with Gasteiger partial charge < -0.3 is 5.32 Å². The second kappa shape index (κ2) is 5.37. The number of anilines is 1. The van der Waals surface area contributed by atoms with Gasteiger partial charge in [0.25, 0.3) is 0 Å². The molecule has 0 spiro atoms. The molecule has 1 aliphatic rings. The van der Waals surface area contributed by atoms with Gasteiger partial charge in [0.2, 0.25) is 0 Å². The van der Waals surface area contributed by atoms with Crippen molar-refractivity contribution in [2.45, 2.75) is 6.42 Å². The van der Waals surface area contributed by atoms with Crippen LogP contribution in [0.3, 0.4) is 0 Å². The predicted octanol–water partition coefficient (Wildman–Crippen LogP) is 3.21. The zero-order valence-corrected chi connectivity index (χ0v) is 10.7. The average Bonchev–Trinajstić information content (AvgIpc) is 2.69. The lowest BCUT2D eigenvalue weighted by Gasteiger charge is -2.05. The third kappa shape index (κ3) is 2.57. The molecule has 1 aromatic carbocycles. The van der Waals surface area contributed by atoms with E-state index in [2.05, 4.69) is 33.5 Å². The van der Waals surface area contributed by atoms with Crippen molar-refractivity contribution in [3.63, 3.8) is 0 Å². The van der Waals surface area contributed by atoms with E-state index >= 15 is 0 Å². The number of nitrogens with one attached hydrogen (secondary N) is 1. The number of amidine groups is 1. The molecule has 0 atom stereocenters. The Balaban J connectivity index is 1.91. The number of nitrogens with zero attached hydrogens (tertiary/aromatic N) is 3. The fourth-order valence-corrected chi connectivity index (χ4v) is 2.03. The van der Waals surface area contributed by atoms with E-state index in [1.54, 1.807) is 18.3 Å². The van der Waals surface area contributed by atoms with Gasteiger partial charge in [-0.15, -0.1) is 0 Å². The van der Waals surface area contributed by atoms with Gasteiger partial charge in [-0.25, -0.2) is 9.98 Å². The number of benzene rings is 1. The number of para-hydroxylation sites is 1. The number of allylic oxidation sites excluding steroid dienone is 1. The van der Waals surface area contributed by atoms with Crippen LogP contribution in [0.1, 0.15) is 11.1 Å². The molecule has 3 rings (SSSR count). The Morgan fingerprint density at radius 1 is 1.20 bits per heavy atom. The normalized spacial score (nSPS) is 12.8.